The normalized spacial score (nSPS) is 19.0. The fourth-order valence-corrected chi connectivity index (χ4v) is 3.05. The lowest BCUT2D eigenvalue weighted by Gasteiger charge is -2.26. The predicted octanol–water partition coefficient (Wildman–Crippen LogP) is 1.76. The van der Waals surface area contributed by atoms with E-state index in [1.165, 1.54) is 24.8 Å². The number of piperidine rings is 1. The number of aryl methyl sites for hydroxylation is 1. The third kappa shape index (κ3) is 3.46. The molecule has 1 aliphatic heterocycles. The first-order valence-electron chi connectivity index (χ1n) is 8.19. The van der Waals surface area contributed by atoms with Crippen molar-refractivity contribution in [3.8, 4) is 0 Å². The molecular formula is C16H26N4O. The van der Waals surface area contributed by atoms with E-state index in [-0.39, 0.29) is 5.91 Å². The van der Waals surface area contributed by atoms with Gasteiger partial charge in [0.05, 0.1) is 5.69 Å². The third-order valence-electron chi connectivity index (χ3n) is 4.67. The van der Waals surface area contributed by atoms with Gasteiger partial charge >= 0.3 is 0 Å². The molecule has 1 aromatic heterocycles. The van der Waals surface area contributed by atoms with Crippen LogP contribution in [0.2, 0.25) is 0 Å². The quantitative estimate of drug-likeness (QED) is 0.899. The van der Waals surface area contributed by atoms with Crippen molar-refractivity contribution in [2.75, 3.05) is 13.1 Å². The first-order chi connectivity index (χ1) is 10.1. The van der Waals surface area contributed by atoms with Crippen LogP contribution in [0.4, 0.5) is 0 Å². The van der Waals surface area contributed by atoms with Gasteiger partial charge in [0.25, 0.3) is 0 Å². The number of amides is 1. The Labute approximate surface area is 126 Å². The van der Waals surface area contributed by atoms with Gasteiger partial charge in [0.15, 0.2) is 0 Å². The van der Waals surface area contributed by atoms with E-state index in [1.54, 1.807) is 0 Å². The third-order valence-corrected chi connectivity index (χ3v) is 4.67. The van der Waals surface area contributed by atoms with Gasteiger partial charge in [0.1, 0.15) is 6.54 Å². The average Bonchev–Trinajstić information content (AvgIpc) is 3.27. The molecule has 1 amide bonds. The summed E-state index contributed by atoms with van der Waals surface area (Å²) in [6.45, 7) is 7.20. The molecule has 21 heavy (non-hydrogen) atoms. The maximum absolute atomic E-state index is 12.4. The number of carbonyl (C=O) groups excluding carboxylic acids is 1. The van der Waals surface area contributed by atoms with Crippen LogP contribution in [0.3, 0.4) is 0 Å². The minimum atomic E-state index is 0.210. The molecule has 0 aromatic carbocycles. The first-order valence-corrected chi connectivity index (χ1v) is 8.19. The van der Waals surface area contributed by atoms with Crippen molar-refractivity contribution in [1.82, 2.24) is 20.0 Å². The first kappa shape index (κ1) is 14.6. The van der Waals surface area contributed by atoms with Gasteiger partial charge in [0, 0.05) is 36.9 Å². The second-order valence-corrected chi connectivity index (χ2v) is 6.40. The smallest absolute Gasteiger partial charge is 0.244 e. The molecule has 1 aromatic rings. The molecule has 2 aliphatic rings. The lowest BCUT2D eigenvalue weighted by molar-refractivity contribution is -0.132. The van der Waals surface area contributed by atoms with E-state index in [1.807, 2.05) is 16.5 Å². The Bertz CT molecular complexity index is 513. The van der Waals surface area contributed by atoms with Crippen LogP contribution in [-0.2, 0) is 17.9 Å². The molecule has 0 unspecified atom stereocenters. The van der Waals surface area contributed by atoms with Crippen molar-refractivity contribution in [3.05, 3.63) is 17.0 Å². The van der Waals surface area contributed by atoms with Gasteiger partial charge in [-0.3, -0.25) is 9.48 Å². The average molecular weight is 290 g/mol. The fraction of sp³-hybridized carbons (Fsp3) is 0.750. The highest BCUT2D eigenvalue weighted by atomic mass is 16.2. The fourth-order valence-electron chi connectivity index (χ4n) is 3.05. The monoisotopic (exact) mass is 290 g/mol. The highest BCUT2D eigenvalue weighted by molar-refractivity contribution is 5.76. The summed E-state index contributed by atoms with van der Waals surface area (Å²) in [6.07, 6.45) is 6.11. The Balaban J connectivity index is 1.64. The van der Waals surface area contributed by atoms with Crippen LogP contribution >= 0.6 is 0 Å². The number of nitrogens with one attached hydrogen (secondary N) is 1. The summed E-state index contributed by atoms with van der Waals surface area (Å²) < 4.78 is 1.89. The lowest BCUT2D eigenvalue weighted by Crippen LogP contribution is -2.38. The molecule has 1 saturated carbocycles. The minimum absolute atomic E-state index is 0.210. The van der Waals surface area contributed by atoms with Gasteiger partial charge in [-0.25, -0.2) is 0 Å². The molecule has 0 atom stereocenters. The number of hydrogen-bond donors (Lipinski definition) is 1. The lowest BCUT2D eigenvalue weighted by atomic mass is 10.1. The van der Waals surface area contributed by atoms with Crippen molar-refractivity contribution in [3.63, 3.8) is 0 Å². The zero-order valence-electron chi connectivity index (χ0n) is 13.2. The van der Waals surface area contributed by atoms with Gasteiger partial charge in [0.2, 0.25) is 5.91 Å². The van der Waals surface area contributed by atoms with Gasteiger partial charge in [-0.05, 0) is 46.0 Å². The number of aromatic nitrogens is 2. The van der Waals surface area contributed by atoms with Crippen LogP contribution in [0.25, 0.3) is 0 Å². The Morgan fingerprint density at radius 1 is 1.24 bits per heavy atom. The predicted molar refractivity (Wildman–Crippen MR) is 82.0 cm³/mol. The van der Waals surface area contributed by atoms with Crippen LogP contribution in [0.5, 0.6) is 0 Å². The van der Waals surface area contributed by atoms with E-state index >= 15 is 0 Å². The van der Waals surface area contributed by atoms with Crippen molar-refractivity contribution in [2.24, 2.45) is 0 Å². The molecule has 0 spiro atoms. The largest absolute Gasteiger partial charge is 0.341 e. The van der Waals surface area contributed by atoms with E-state index in [0.717, 1.165) is 43.9 Å². The second kappa shape index (κ2) is 6.18. The van der Waals surface area contributed by atoms with E-state index in [0.29, 0.717) is 12.6 Å². The van der Waals surface area contributed by atoms with Crippen molar-refractivity contribution in [1.29, 1.82) is 0 Å². The molecule has 0 bridgehead atoms. The van der Waals surface area contributed by atoms with E-state index in [2.05, 4.69) is 17.3 Å². The molecule has 3 rings (SSSR count). The second-order valence-electron chi connectivity index (χ2n) is 6.40. The Kier molecular flexibility index (Phi) is 4.29. The molecule has 1 aliphatic carbocycles. The molecule has 0 radical (unpaired) electrons. The number of carbonyl (C=O) groups is 1. The summed E-state index contributed by atoms with van der Waals surface area (Å²) in [7, 11) is 0. The van der Waals surface area contributed by atoms with Crippen LogP contribution in [0.15, 0.2) is 0 Å². The molecule has 1 saturated heterocycles. The zero-order valence-corrected chi connectivity index (χ0v) is 13.2. The minimum Gasteiger partial charge on any atom is -0.341 e. The van der Waals surface area contributed by atoms with Crippen LogP contribution in [-0.4, -0.2) is 39.7 Å². The van der Waals surface area contributed by atoms with E-state index in [9.17, 15) is 4.79 Å². The van der Waals surface area contributed by atoms with E-state index in [4.69, 9.17) is 0 Å². The number of nitrogens with zero attached hydrogens (tertiary/aromatic N) is 3. The highest BCUT2D eigenvalue weighted by Crippen LogP contribution is 2.21. The van der Waals surface area contributed by atoms with Crippen molar-refractivity contribution < 1.29 is 4.79 Å². The van der Waals surface area contributed by atoms with Crippen LogP contribution in [0, 0.1) is 13.8 Å². The van der Waals surface area contributed by atoms with Crippen LogP contribution in [0.1, 0.15) is 49.1 Å². The number of rotatable bonds is 5. The van der Waals surface area contributed by atoms with Gasteiger partial charge in [-0.2, -0.15) is 5.10 Å². The molecule has 1 N–H and O–H groups in total. The summed E-state index contributed by atoms with van der Waals surface area (Å²) in [6, 6.07) is 0.696. The number of hydrogen-bond acceptors (Lipinski definition) is 3. The molecule has 5 nitrogen and oxygen atoms in total. The van der Waals surface area contributed by atoms with Gasteiger partial charge in [-0.1, -0.05) is 0 Å². The summed E-state index contributed by atoms with van der Waals surface area (Å²) in [5.41, 5.74) is 3.44. The molecule has 2 heterocycles. The Morgan fingerprint density at radius 3 is 2.62 bits per heavy atom. The summed E-state index contributed by atoms with van der Waals surface area (Å²) in [5, 5.41) is 8.11. The number of likely N-dealkylation sites (tertiary alicyclic amines) is 1. The van der Waals surface area contributed by atoms with Crippen molar-refractivity contribution in [2.45, 2.75) is 65.1 Å². The van der Waals surface area contributed by atoms with Crippen molar-refractivity contribution >= 4 is 5.91 Å². The standard InChI is InChI=1S/C16H26N4O/c1-12-15(10-17-14-6-7-14)13(2)20(18-12)11-16(21)19-8-4-3-5-9-19/h14,17H,3-11H2,1-2H3. The zero-order chi connectivity index (χ0) is 14.8. The Hall–Kier alpha value is -1.36. The molecular weight excluding hydrogens is 264 g/mol. The van der Waals surface area contributed by atoms with Gasteiger partial charge in [-0.15, -0.1) is 0 Å². The summed E-state index contributed by atoms with van der Waals surface area (Å²) in [4.78, 5) is 14.4. The maximum atomic E-state index is 12.4. The molecule has 116 valence electrons. The van der Waals surface area contributed by atoms with E-state index < -0.39 is 0 Å². The highest BCUT2D eigenvalue weighted by Gasteiger charge is 2.23. The van der Waals surface area contributed by atoms with Gasteiger partial charge < -0.3 is 10.2 Å². The SMILES string of the molecule is Cc1nn(CC(=O)N2CCCCC2)c(C)c1CNC1CC1. The molecule has 5 heteroatoms. The topological polar surface area (TPSA) is 50.2 Å². The molecule has 2 fully saturated rings. The summed E-state index contributed by atoms with van der Waals surface area (Å²) in [5.74, 6) is 0.210. The van der Waals surface area contributed by atoms with Crippen LogP contribution < -0.4 is 5.32 Å². The Morgan fingerprint density at radius 2 is 1.95 bits per heavy atom. The maximum Gasteiger partial charge on any atom is 0.244 e. The summed E-state index contributed by atoms with van der Waals surface area (Å²) >= 11 is 0.